The summed E-state index contributed by atoms with van der Waals surface area (Å²) in [6.45, 7) is 2.80. The van der Waals surface area contributed by atoms with Gasteiger partial charge in [0.25, 0.3) is 5.91 Å². The van der Waals surface area contributed by atoms with Gasteiger partial charge < -0.3 is 10.1 Å². The van der Waals surface area contributed by atoms with Gasteiger partial charge in [-0.25, -0.2) is 4.79 Å². The molecular formula is C15H16Cl2N2O4. The van der Waals surface area contributed by atoms with E-state index in [2.05, 4.69) is 5.32 Å². The predicted molar refractivity (Wildman–Crippen MR) is 85.2 cm³/mol. The number of carbonyl (C=O) groups is 3. The monoisotopic (exact) mass is 358 g/mol. The zero-order valence-electron chi connectivity index (χ0n) is 12.7. The lowest BCUT2D eigenvalue weighted by Crippen LogP contribution is -2.43. The van der Waals surface area contributed by atoms with E-state index < -0.39 is 30.0 Å². The summed E-state index contributed by atoms with van der Waals surface area (Å²) in [7, 11) is 0. The van der Waals surface area contributed by atoms with Crippen molar-refractivity contribution in [2.45, 2.75) is 32.4 Å². The van der Waals surface area contributed by atoms with Gasteiger partial charge in [0, 0.05) is 15.6 Å². The van der Waals surface area contributed by atoms with Crippen LogP contribution in [0.5, 0.6) is 0 Å². The minimum Gasteiger partial charge on any atom is -0.459 e. The Labute approximate surface area is 143 Å². The fraction of sp³-hybridized carbons (Fsp3) is 0.400. The van der Waals surface area contributed by atoms with Gasteiger partial charge in [-0.1, -0.05) is 36.2 Å². The van der Waals surface area contributed by atoms with E-state index in [9.17, 15) is 14.4 Å². The lowest BCUT2D eigenvalue weighted by molar-refractivity contribution is -0.148. The zero-order chi connectivity index (χ0) is 17.2. The molecule has 1 aromatic carbocycles. The standard InChI is InChI=1S/C15H16Cl2N2O4/c1-3-15(2)13(21)19(14(22)18-15)7-12(20)23-8-9-10(16)5-4-6-11(9)17/h4-6H,3,7-8H2,1-2H3,(H,18,22)/t15-/m1/s1. The van der Waals surface area contributed by atoms with E-state index in [4.69, 9.17) is 27.9 Å². The third-order valence-electron chi connectivity index (χ3n) is 3.78. The molecule has 1 aliphatic rings. The first-order valence-corrected chi connectivity index (χ1v) is 7.76. The first-order chi connectivity index (χ1) is 10.8. The van der Waals surface area contributed by atoms with E-state index in [0.717, 1.165) is 4.90 Å². The average Bonchev–Trinajstić information content (AvgIpc) is 2.71. The van der Waals surface area contributed by atoms with Crippen LogP contribution in [0.25, 0.3) is 0 Å². The second-order valence-electron chi connectivity index (χ2n) is 5.37. The number of imide groups is 1. The normalized spacial score (nSPS) is 20.6. The molecule has 1 atom stereocenters. The number of benzene rings is 1. The molecular weight excluding hydrogens is 343 g/mol. The SMILES string of the molecule is CC[C@@]1(C)NC(=O)N(CC(=O)OCc2c(Cl)cccc2Cl)C1=O. The molecule has 2 rings (SSSR count). The van der Waals surface area contributed by atoms with Crippen LogP contribution in [0, 0.1) is 0 Å². The van der Waals surface area contributed by atoms with Crippen molar-refractivity contribution >= 4 is 41.1 Å². The van der Waals surface area contributed by atoms with Gasteiger partial charge >= 0.3 is 12.0 Å². The number of hydrogen-bond acceptors (Lipinski definition) is 4. The molecule has 0 radical (unpaired) electrons. The van der Waals surface area contributed by atoms with Crippen molar-refractivity contribution in [3.05, 3.63) is 33.8 Å². The highest BCUT2D eigenvalue weighted by atomic mass is 35.5. The molecule has 0 bridgehead atoms. The Morgan fingerprint density at radius 3 is 2.43 bits per heavy atom. The summed E-state index contributed by atoms with van der Waals surface area (Å²) in [6, 6.07) is 4.32. The van der Waals surface area contributed by atoms with Gasteiger partial charge in [0.05, 0.1) is 0 Å². The molecule has 0 spiro atoms. The largest absolute Gasteiger partial charge is 0.459 e. The Hall–Kier alpha value is -1.79. The van der Waals surface area contributed by atoms with Crippen LogP contribution in [0.4, 0.5) is 4.79 Å². The highest BCUT2D eigenvalue weighted by molar-refractivity contribution is 6.35. The highest BCUT2D eigenvalue weighted by Gasteiger charge is 2.47. The van der Waals surface area contributed by atoms with Gasteiger partial charge in [-0.05, 0) is 25.5 Å². The number of ether oxygens (including phenoxy) is 1. The zero-order valence-corrected chi connectivity index (χ0v) is 14.2. The number of nitrogens with one attached hydrogen (secondary N) is 1. The molecule has 124 valence electrons. The number of hydrogen-bond donors (Lipinski definition) is 1. The van der Waals surface area contributed by atoms with Crippen molar-refractivity contribution < 1.29 is 19.1 Å². The first kappa shape index (κ1) is 17.6. The molecule has 0 unspecified atom stereocenters. The summed E-state index contributed by atoms with van der Waals surface area (Å²) >= 11 is 12.0. The second kappa shape index (κ2) is 6.76. The van der Waals surface area contributed by atoms with Gasteiger partial charge in [0.1, 0.15) is 18.7 Å². The van der Waals surface area contributed by atoms with Crippen LogP contribution in [0.1, 0.15) is 25.8 Å². The van der Waals surface area contributed by atoms with Crippen molar-refractivity contribution in [1.29, 1.82) is 0 Å². The van der Waals surface area contributed by atoms with E-state index in [1.165, 1.54) is 0 Å². The maximum atomic E-state index is 12.2. The maximum absolute atomic E-state index is 12.2. The number of halogens is 2. The van der Waals surface area contributed by atoms with Crippen LogP contribution in [0.15, 0.2) is 18.2 Å². The highest BCUT2D eigenvalue weighted by Crippen LogP contribution is 2.25. The molecule has 1 saturated heterocycles. The molecule has 6 nitrogen and oxygen atoms in total. The Kier molecular flexibility index (Phi) is 5.16. The van der Waals surface area contributed by atoms with Crippen molar-refractivity contribution in [3.8, 4) is 0 Å². The van der Waals surface area contributed by atoms with E-state index in [1.54, 1.807) is 32.0 Å². The number of rotatable bonds is 5. The number of nitrogens with zero attached hydrogens (tertiary/aromatic N) is 1. The molecule has 23 heavy (non-hydrogen) atoms. The van der Waals surface area contributed by atoms with Crippen LogP contribution in [-0.4, -0.2) is 34.9 Å². The fourth-order valence-corrected chi connectivity index (χ4v) is 2.63. The van der Waals surface area contributed by atoms with Gasteiger partial charge in [0.15, 0.2) is 0 Å². The second-order valence-corrected chi connectivity index (χ2v) is 6.18. The Balaban J connectivity index is 1.98. The topological polar surface area (TPSA) is 75.7 Å². The van der Waals surface area contributed by atoms with E-state index in [-0.39, 0.29) is 6.61 Å². The van der Waals surface area contributed by atoms with Gasteiger partial charge in [-0.15, -0.1) is 0 Å². The summed E-state index contributed by atoms with van der Waals surface area (Å²) in [4.78, 5) is 36.8. The van der Waals surface area contributed by atoms with E-state index >= 15 is 0 Å². The van der Waals surface area contributed by atoms with Crippen molar-refractivity contribution in [3.63, 3.8) is 0 Å². The molecule has 1 aliphatic heterocycles. The first-order valence-electron chi connectivity index (χ1n) is 7.01. The van der Waals surface area contributed by atoms with Crippen LogP contribution in [0.2, 0.25) is 10.0 Å². The maximum Gasteiger partial charge on any atom is 0.326 e. The molecule has 0 aromatic heterocycles. The lowest BCUT2D eigenvalue weighted by atomic mass is 9.99. The van der Waals surface area contributed by atoms with Crippen LogP contribution < -0.4 is 5.32 Å². The molecule has 1 heterocycles. The summed E-state index contributed by atoms with van der Waals surface area (Å²) in [5, 5.41) is 3.31. The van der Waals surface area contributed by atoms with E-state index in [0.29, 0.717) is 22.0 Å². The Morgan fingerprint density at radius 1 is 1.30 bits per heavy atom. The van der Waals surface area contributed by atoms with Gasteiger partial charge in [-0.3, -0.25) is 14.5 Å². The number of carbonyl (C=O) groups excluding carboxylic acids is 3. The molecule has 3 amide bonds. The third kappa shape index (κ3) is 3.59. The predicted octanol–water partition coefficient (Wildman–Crippen LogP) is 2.76. The summed E-state index contributed by atoms with van der Waals surface area (Å²) < 4.78 is 5.07. The van der Waals surface area contributed by atoms with E-state index in [1.807, 2.05) is 0 Å². The molecule has 8 heteroatoms. The smallest absolute Gasteiger partial charge is 0.326 e. The fourth-order valence-electron chi connectivity index (χ4n) is 2.13. The molecule has 1 aromatic rings. The Bertz CT molecular complexity index is 645. The Morgan fingerprint density at radius 2 is 1.91 bits per heavy atom. The summed E-state index contributed by atoms with van der Waals surface area (Å²) in [6.07, 6.45) is 0.429. The van der Waals surface area contributed by atoms with Gasteiger partial charge in [0.2, 0.25) is 0 Å². The minimum absolute atomic E-state index is 0.133. The molecule has 0 saturated carbocycles. The van der Waals surface area contributed by atoms with Crippen LogP contribution in [0.3, 0.4) is 0 Å². The molecule has 1 fully saturated rings. The third-order valence-corrected chi connectivity index (χ3v) is 4.49. The van der Waals surface area contributed by atoms with Crippen LogP contribution in [-0.2, 0) is 20.9 Å². The quantitative estimate of drug-likeness (QED) is 0.648. The lowest BCUT2D eigenvalue weighted by Gasteiger charge is -2.18. The van der Waals surface area contributed by atoms with Crippen molar-refractivity contribution in [1.82, 2.24) is 10.2 Å². The number of urea groups is 1. The van der Waals surface area contributed by atoms with Crippen molar-refractivity contribution in [2.24, 2.45) is 0 Å². The number of esters is 1. The summed E-state index contributed by atoms with van der Waals surface area (Å²) in [5.41, 5.74) is -0.511. The molecule has 0 aliphatic carbocycles. The number of amides is 3. The minimum atomic E-state index is -0.983. The van der Waals surface area contributed by atoms with Gasteiger partial charge in [-0.2, -0.15) is 0 Å². The average molecular weight is 359 g/mol. The summed E-state index contributed by atoms with van der Waals surface area (Å²) in [5.74, 6) is -1.16. The van der Waals surface area contributed by atoms with Crippen LogP contribution >= 0.6 is 23.2 Å². The van der Waals surface area contributed by atoms with Crippen molar-refractivity contribution in [2.75, 3.05) is 6.54 Å². The molecule has 1 N–H and O–H groups in total.